The maximum Gasteiger partial charge on any atom is 0.139 e. The first-order chi connectivity index (χ1) is 8.24. The quantitative estimate of drug-likeness (QED) is 0.674. The summed E-state index contributed by atoms with van der Waals surface area (Å²) in [6.45, 7) is 1.99. The molecule has 0 fully saturated rings. The lowest BCUT2D eigenvalue weighted by Gasteiger charge is -2.01. The first-order valence-corrected chi connectivity index (χ1v) is 5.52. The molecule has 0 amide bonds. The number of rotatable bonds is 1. The van der Waals surface area contributed by atoms with E-state index in [1.807, 2.05) is 49.4 Å². The lowest BCUT2D eigenvalue weighted by Crippen LogP contribution is -1.78. The summed E-state index contributed by atoms with van der Waals surface area (Å²) < 4.78 is 5.73. The Balaban J connectivity index is 2.23. The Bertz CT molecular complexity index is 647. The van der Waals surface area contributed by atoms with Gasteiger partial charge in [-0.05, 0) is 31.2 Å². The van der Waals surface area contributed by atoms with Crippen LogP contribution in [0.3, 0.4) is 0 Å². The second-order valence-electron chi connectivity index (χ2n) is 4.17. The van der Waals surface area contributed by atoms with E-state index in [4.69, 9.17) is 4.42 Å². The molecule has 0 atom stereocenters. The van der Waals surface area contributed by atoms with E-state index in [9.17, 15) is 5.11 Å². The van der Waals surface area contributed by atoms with E-state index in [0.717, 1.165) is 22.1 Å². The zero-order valence-corrected chi connectivity index (χ0v) is 9.47. The van der Waals surface area contributed by atoms with Crippen LogP contribution < -0.4 is 0 Å². The summed E-state index contributed by atoms with van der Waals surface area (Å²) in [7, 11) is 0. The van der Waals surface area contributed by atoms with Gasteiger partial charge in [-0.2, -0.15) is 0 Å². The Morgan fingerprint density at radius 1 is 1.00 bits per heavy atom. The van der Waals surface area contributed by atoms with E-state index >= 15 is 0 Å². The molecule has 0 aliphatic carbocycles. The third kappa shape index (κ3) is 1.68. The van der Waals surface area contributed by atoms with Crippen molar-refractivity contribution in [1.82, 2.24) is 0 Å². The van der Waals surface area contributed by atoms with Gasteiger partial charge in [0, 0.05) is 5.39 Å². The summed E-state index contributed by atoms with van der Waals surface area (Å²) in [6, 6.07) is 15.3. The first kappa shape index (κ1) is 9.97. The zero-order chi connectivity index (χ0) is 11.8. The standard InChI is InChI=1S/C15H12O2/c1-10-6-7-13(16)12(8-10)15-9-11-4-2-3-5-14(11)17-15/h2-9,16H,1H3. The van der Waals surface area contributed by atoms with E-state index in [1.165, 1.54) is 0 Å². The molecular weight excluding hydrogens is 212 g/mol. The molecule has 3 aromatic rings. The fourth-order valence-corrected chi connectivity index (χ4v) is 1.96. The monoisotopic (exact) mass is 224 g/mol. The number of phenols is 1. The van der Waals surface area contributed by atoms with Gasteiger partial charge in [0.05, 0.1) is 5.56 Å². The molecule has 0 aliphatic heterocycles. The Morgan fingerprint density at radius 2 is 1.82 bits per heavy atom. The largest absolute Gasteiger partial charge is 0.507 e. The Kier molecular flexibility index (Phi) is 2.15. The molecular formula is C15H12O2. The summed E-state index contributed by atoms with van der Waals surface area (Å²) in [5.41, 5.74) is 2.67. The SMILES string of the molecule is Cc1ccc(O)c(-c2cc3ccccc3o2)c1. The van der Waals surface area contributed by atoms with Crippen LogP contribution in [-0.2, 0) is 0 Å². The molecule has 0 aliphatic rings. The molecule has 1 N–H and O–H groups in total. The van der Waals surface area contributed by atoms with Crippen molar-refractivity contribution in [2.24, 2.45) is 0 Å². The van der Waals surface area contributed by atoms with Gasteiger partial charge < -0.3 is 9.52 Å². The predicted molar refractivity (Wildman–Crippen MR) is 68.1 cm³/mol. The normalized spacial score (nSPS) is 10.9. The van der Waals surface area contributed by atoms with Crippen LogP contribution in [0.1, 0.15) is 5.56 Å². The number of aromatic hydroxyl groups is 1. The van der Waals surface area contributed by atoms with E-state index in [-0.39, 0.29) is 5.75 Å². The highest BCUT2D eigenvalue weighted by Crippen LogP contribution is 2.33. The number of benzene rings is 2. The molecule has 2 nitrogen and oxygen atoms in total. The van der Waals surface area contributed by atoms with E-state index in [2.05, 4.69) is 0 Å². The Labute approximate surface area is 99.1 Å². The van der Waals surface area contributed by atoms with E-state index in [0.29, 0.717) is 5.76 Å². The highest BCUT2D eigenvalue weighted by atomic mass is 16.3. The van der Waals surface area contributed by atoms with Crippen molar-refractivity contribution in [3.8, 4) is 17.1 Å². The number of aryl methyl sites for hydroxylation is 1. The lowest BCUT2D eigenvalue weighted by atomic mass is 10.1. The van der Waals surface area contributed by atoms with Gasteiger partial charge in [0.2, 0.25) is 0 Å². The van der Waals surface area contributed by atoms with Crippen LogP contribution in [0.5, 0.6) is 5.75 Å². The molecule has 1 aromatic heterocycles. The van der Waals surface area contributed by atoms with Crippen molar-refractivity contribution < 1.29 is 9.52 Å². The van der Waals surface area contributed by atoms with Gasteiger partial charge in [0.1, 0.15) is 17.1 Å². The van der Waals surface area contributed by atoms with Crippen molar-refractivity contribution in [3.63, 3.8) is 0 Å². The molecule has 0 radical (unpaired) electrons. The maximum atomic E-state index is 9.85. The van der Waals surface area contributed by atoms with Gasteiger partial charge in [-0.3, -0.25) is 0 Å². The van der Waals surface area contributed by atoms with Crippen molar-refractivity contribution in [2.45, 2.75) is 6.92 Å². The molecule has 1 heterocycles. The van der Waals surface area contributed by atoms with Crippen molar-refractivity contribution in [3.05, 3.63) is 54.1 Å². The third-order valence-corrected chi connectivity index (χ3v) is 2.84. The minimum atomic E-state index is 0.245. The smallest absolute Gasteiger partial charge is 0.139 e. The van der Waals surface area contributed by atoms with Gasteiger partial charge in [0.25, 0.3) is 0 Å². The summed E-state index contributed by atoms with van der Waals surface area (Å²) in [6.07, 6.45) is 0. The average molecular weight is 224 g/mol. The Hall–Kier alpha value is -2.22. The zero-order valence-electron chi connectivity index (χ0n) is 9.47. The predicted octanol–water partition coefficient (Wildman–Crippen LogP) is 4.11. The van der Waals surface area contributed by atoms with Crippen LogP contribution >= 0.6 is 0 Å². The van der Waals surface area contributed by atoms with Crippen LogP contribution in [-0.4, -0.2) is 5.11 Å². The third-order valence-electron chi connectivity index (χ3n) is 2.84. The van der Waals surface area contributed by atoms with Gasteiger partial charge in [-0.15, -0.1) is 0 Å². The molecule has 0 saturated heterocycles. The van der Waals surface area contributed by atoms with Crippen LogP contribution in [0.25, 0.3) is 22.3 Å². The number of para-hydroxylation sites is 1. The second-order valence-corrected chi connectivity index (χ2v) is 4.17. The van der Waals surface area contributed by atoms with Gasteiger partial charge in [0.15, 0.2) is 0 Å². The summed E-state index contributed by atoms with van der Waals surface area (Å²) in [4.78, 5) is 0. The maximum absolute atomic E-state index is 9.85. The van der Waals surface area contributed by atoms with Gasteiger partial charge >= 0.3 is 0 Å². The van der Waals surface area contributed by atoms with Gasteiger partial charge in [-0.25, -0.2) is 0 Å². The van der Waals surface area contributed by atoms with Crippen LogP contribution in [0.4, 0.5) is 0 Å². The fourth-order valence-electron chi connectivity index (χ4n) is 1.96. The Morgan fingerprint density at radius 3 is 2.65 bits per heavy atom. The number of furan rings is 1. The number of phenolic OH excluding ortho intramolecular Hbond substituents is 1. The van der Waals surface area contributed by atoms with Crippen LogP contribution in [0, 0.1) is 6.92 Å². The molecule has 0 saturated carbocycles. The minimum Gasteiger partial charge on any atom is -0.507 e. The molecule has 0 spiro atoms. The van der Waals surface area contributed by atoms with E-state index < -0.39 is 0 Å². The highest BCUT2D eigenvalue weighted by Gasteiger charge is 2.09. The fraction of sp³-hybridized carbons (Fsp3) is 0.0667. The molecule has 17 heavy (non-hydrogen) atoms. The lowest BCUT2D eigenvalue weighted by molar-refractivity contribution is 0.474. The molecule has 3 rings (SSSR count). The van der Waals surface area contributed by atoms with Crippen molar-refractivity contribution in [1.29, 1.82) is 0 Å². The van der Waals surface area contributed by atoms with Gasteiger partial charge in [-0.1, -0.05) is 29.8 Å². The summed E-state index contributed by atoms with van der Waals surface area (Å²) in [5, 5.41) is 10.9. The van der Waals surface area contributed by atoms with E-state index in [1.54, 1.807) is 6.07 Å². The molecule has 84 valence electrons. The van der Waals surface area contributed by atoms with Crippen LogP contribution in [0.15, 0.2) is 52.9 Å². The second kappa shape index (κ2) is 3.67. The van der Waals surface area contributed by atoms with Crippen LogP contribution in [0.2, 0.25) is 0 Å². The average Bonchev–Trinajstić information content (AvgIpc) is 2.75. The van der Waals surface area contributed by atoms with Crippen molar-refractivity contribution in [2.75, 3.05) is 0 Å². The topological polar surface area (TPSA) is 33.4 Å². The molecule has 0 unspecified atom stereocenters. The van der Waals surface area contributed by atoms with Crippen molar-refractivity contribution >= 4 is 11.0 Å². The minimum absolute atomic E-state index is 0.245. The summed E-state index contributed by atoms with van der Waals surface area (Å²) in [5.74, 6) is 0.946. The molecule has 2 heteroatoms. The highest BCUT2D eigenvalue weighted by molar-refractivity contribution is 5.84. The number of hydrogen-bond donors (Lipinski definition) is 1. The summed E-state index contributed by atoms with van der Waals surface area (Å²) >= 11 is 0. The number of hydrogen-bond acceptors (Lipinski definition) is 2. The number of fused-ring (bicyclic) bond motifs is 1. The molecule has 0 bridgehead atoms. The molecule has 2 aromatic carbocycles. The first-order valence-electron chi connectivity index (χ1n) is 5.52.